The minimum Gasteiger partial charge on any atom is -0.466 e. The molecule has 0 heterocycles. The van der Waals surface area contributed by atoms with Gasteiger partial charge < -0.3 is 9.84 Å². The average Bonchev–Trinajstić information content (AvgIpc) is 2.15. The zero-order valence-corrected chi connectivity index (χ0v) is 10.0. The Morgan fingerprint density at radius 3 is 2.75 bits per heavy atom. The lowest BCUT2D eigenvalue weighted by Gasteiger charge is -2.25. The Kier molecular flexibility index (Phi) is 4.13. The number of halogens is 2. The van der Waals surface area contributed by atoms with Crippen LogP contribution in [0.15, 0.2) is 22.2 Å². The van der Waals surface area contributed by atoms with Crippen LogP contribution in [-0.4, -0.2) is 29.1 Å². The maximum absolute atomic E-state index is 11.2. The quantitative estimate of drug-likeness (QED) is 0.785. The molecule has 0 aromatic rings. The van der Waals surface area contributed by atoms with Crippen molar-refractivity contribution in [1.82, 2.24) is 0 Å². The van der Waals surface area contributed by atoms with E-state index in [9.17, 15) is 14.7 Å². The lowest BCUT2D eigenvalue weighted by atomic mass is 9.93. The third kappa shape index (κ3) is 2.84. The van der Waals surface area contributed by atoms with Crippen LogP contribution < -0.4 is 0 Å². The van der Waals surface area contributed by atoms with Crippen molar-refractivity contribution in [2.45, 2.75) is 18.9 Å². The molecule has 1 atom stereocenters. The molecule has 88 valence electrons. The van der Waals surface area contributed by atoms with E-state index >= 15 is 0 Å². The molecule has 1 unspecified atom stereocenters. The molecule has 0 radical (unpaired) electrons. The SMILES string of the molecule is CCOC(=O)CC1(O)C=C(Cl)C(=O)C=C1Cl. The van der Waals surface area contributed by atoms with Crippen LogP contribution in [0.2, 0.25) is 0 Å². The molecule has 0 aliphatic heterocycles. The van der Waals surface area contributed by atoms with Gasteiger partial charge in [0.15, 0.2) is 5.78 Å². The Labute approximate surface area is 102 Å². The Bertz CT molecular complexity index is 386. The number of esters is 1. The Morgan fingerprint density at radius 1 is 1.56 bits per heavy atom. The van der Waals surface area contributed by atoms with Crippen LogP contribution in [-0.2, 0) is 14.3 Å². The molecule has 1 N–H and O–H groups in total. The number of ketones is 1. The van der Waals surface area contributed by atoms with Crippen molar-refractivity contribution >= 4 is 35.0 Å². The molecular weight excluding hydrogens is 255 g/mol. The predicted molar refractivity (Wildman–Crippen MR) is 59.1 cm³/mol. The average molecular weight is 265 g/mol. The van der Waals surface area contributed by atoms with Gasteiger partial charge in [-0.2, -0.15) is 0 Å². The number of allylic oxidation sites excluding steroid dienone is 2. The van der Waals surface area contributed by atoms with Crippen molar-refractivity contribution in [3.63, 3.8) is 0 Å². The smallest absolute Gasteiger partial charge is 0.309 e. The Hall–Kier alpha value is -0.840. The van der Waals surface area contributed by atoms with Crippen LogP contribution >= 0.6 is 23.2 Å². The van der Waals surface area contributed by atoms with E-state index in [0.717, 1.165) is 12.2 Å². The number of carbonyl (C=O) groups excluding carboxylic acids is 2. The van der Waals surface area contributed by atoms with E-state index in [2.05, 4.69) is 4.74 Å². The summed E-state index contributed by atoms with van der Waals surface area (Å²) in [5.41, 5.74) is -1.75. The number of ether oxygens (including phenoxy) is 1. The predicted octanol–water partition coefficient (Wildman–Crippen LogP) is 1.50. The van der Waals surface area contributed by atoms with Gasteiger partial charge in [-0.1, -0.05) is 23.2 Å². The molecule has 0 bridgehead atoms. The van der Waals surface area contributed by atoms with Crippen molar-refractivity contribution < 1.29 is 19.4 Å². The first kappa shape index (κ1) is 13.2. The van der Waals surface area contributed by atoms with Gasteiger partial charge in [-0.25, -0.2) is 0 Å². The van der Waals surface area contributed by atoms with Crippen molar-refractivity contribution in [3.05, 3.63) is 22.2 Å². The minimum atomic E-state index is -1.75. The Balaban J connectivity index is 2.88. The zero-order valence-electron chi connectivity index (χ0n) is 8.50. The first-order chi connectivity index (χ1) is 7.39. The molecule has 0 aromatic carbocycles. The number of carbonyl (C=O) groups is 2. The van der Waals surface area contributed by atoms with Crippen molar-refractivity contribution in [2.75, 3.05) is 6.61 Å². The summed E-state index contributed by atoms with van der Waals surface area (Å²) in [7, 11) is 0. The third-order valence-electron chi connectivity index (χ3n) is 1.99. The van der Waals surface area contributed by atoms with E-state index in [1.807, 2.05) is 0 Å². The van der Waals surface area contributed by atoms with Gasteiger partial charge in [0, 0.05) is 6.08 Å². The topological polar surface area (TPSA) is 63.6 Å². The monoisotopic (exact) mass is 264 g/mol. The second-order valence-electron chi connectivity index (χ2n) is 3.25. The van der Waals surface area contributed by atoms with Gasteiger partial charge >= 0.3 is 5.97 Å². The van der Waals surface area contributed by atoms with Gasteiger partial charge in [-0.15, -0.1) is 0 Å². The van der Waals surface area contributed by atoms with E-state index in [1.165, 1.54) is 0 Å². The Morgan fingerprint density at radius 2 is 2.19 bits per heavy atom. The fraction of sp³-hybridized carbons (Fsp3) is 0.400. The summed E-state index contributed by atoms with van der Waals surface area (Å²) in [5, 5.41) is 9.70. The number of rotatable bonds is 3. The summed E-state index contributed by atoms with van der Waals surface area (Å²) in [5.74, 6) is -1.12. The van der Waals surface area contributed by atoms with E-state index in [1.54, 1.807) is 6.92 Å². The van der Waals surface area contributed by atoms with Gasteiger partial charge in [0.2, 0.25) is 0 Å². The molecule has 6 heteroatoms. The highest BCUT2D eigenvalue weighted by Crippen LogP contribution is 2.33. The summed E-state index contributed by atoms with van der Waals surface area (Å²) in [6, 6.07) is 0. The van der Waals surface area contributed by atoms with E-state index in [4.69, 9.17) is 23.2 Å². The van der Waals surface area contributed by atoms with Gasteiger partial charge in [-0.3, -0.25) is 9.59 Å². The summed E-state index contributed by atoms with van der Waals surface area (Å²) >= 11 is 11.3. The molecule has 0 saturated carbocycles. The maximum Gasteiger partial charge on any atom is 0.309 e. The summed E-state index contributed by atoms with van der Waals surface area (Å²) in [6.07, 6.45) is 1.67. The van der Waals surface area contributed by atoms with E-state index in [0.29, 0.717) is 0 Å². The highest BCUT2D eigenvalue weighted by atomic mass is 35.5. The van der Waals surface area contributed by atoms with Gasteiger partial charge in [-0.05, 0) is 13.0 Å². The van der Waals surface area contributed by atoms with Gasteiger partial charge in [0.25, 0.3) is 0 Å². The molecular formula is C10H10Cl2O4. The van der Waals surface area contributed by atoms with E-state index < -0.39 is 17.4 Å². The van der Waals surface area contributed by atoms with Crippen molar-refractivity contribution in [3.8, 4) is 0 Å². The van der Waals surface area contributed by atoms with Crippen molar-refractivity contribution in [2.24, 2.45) is 0 Å². The molecule has 1 aliphatic carbocycles. The maximum atomic E-state index is 11.2. The standard InChI is InChI=1S/C10H10Cl2O4/c1-2-16-9(14)5-10(15)4-6(11)7(13)3-8(10)12/h3-4,15H,2,5H2,1H3. The second kappa shape index (κ2) is 4.99. The van der Waals surface area contributed by atoms with Gasteiger partial charge in [0.1, 0.15) is 5.60 Å². The summed E-state index contributed by atoms with van der Waals surface area (Å²) in [4.78, 5) is 22.3. The number of aliphatic hydroxyl groups is 1. The summed E-state index contributed by atoms with van der Waals surface area (Å²) in [6.45, 7) is 1.85. The molecule has 1 rings (SSSR count). The normalized spacial score (nSPS) is 24.9. The number of hydrogen-bond acceptors (Lipinski definition) is 4. The lowest BCUT2D eigenvalue weighted by molar-refractivity contribution is -0.146. The van der Waals surface area contributed by atoms with Crippen LogP contribution in [0.3, 0.4) is 0 Å². The molecule has 0 amide bonds. The molecule has 1 aliphatic rings. The molecule has 16 heavy (non-hydrogen) atoms. The minimum absolute atomic E-state index is 0.144. The molecule has 4 nitrogen and oxygen atoms in total. The van der Waals surface area contributed by atoms with Crippen LogP contribution in [0.1, 0.15) is 13.3 Å². The molecule has 0 spiro atoms. The van der Waals surface area contributed by atoms with Crippen molar-refractivity contribution in [1.29, 1.82) is 0 Å². The molecule has 0 saturated heterocycles. The fourth-order valence-corrected chi connectivity index (χ4v) is 1.68. The number of hydrogen-bond donors (Lipinski definition) is 1. The highest BCUT2D eigenvalue weighted by Gasteiger charge is 2.36. The highest BCUT2D eigenvalue weighted by molar-refractivity contribution is 6.46. The molecule has 0 aromatic heterocycles. The van der Waals surface area contributed by atoms with Crippen LogP contribution in [0.4, 0.5) is 0 Å². The van der Waals surface area contributed by atoms with Gasteiger partial charge in [0.05, 0.1) is 23.1 Å². The fourth-order valence-electron chi connectivity index (χ4n) is 1.23. The second-order valence-corrected chi connectivity index (χ2v) is 4.07. The molecule has 0 fully saturated rings. The van der Waals surface area contributed by atoms with E-state index in [-0.39, 0.29) is 23.1 Å². The zero-order chi connectivity index (χ0) is 12.3. The largest absolute Gasteiger partial charge is 0.466 e. The third-order valence-corrected chi connectivity index (χ3v) is 2.72. The van der Waals surface area contributed by atoms with Crippen LogP contribution in [0, 0.1) is 0 Å². The summed E-state index contributed by atoms with van der Waals surface area (Å²) < 4.78 is 4.68. The lowest BCUT2D eigenvalue weighted by Crippen LogP contribution is -2.34. The van der Waals surface area contributed by atoms with Crippen LogP contribution in [0.25, 0.3) is 0 Å². The first-order valence-electron chi connectivity index (χ1n) is 4.57. The first-order valence-corrected chi connectivity index (χ1v) is 5.33. The van der Waals surface area contributed by atoms with Crippen LogP contribution in [0.5, 0.6) is 0 Å².